The zero-order valence-electron chi connectivity index (χ0n) is 30.9. The fourth-order valence-electron chi connectivity index (χ4n) is 8.49. The Balaban J connectivity index is 0.992. The molecule has 0 unspecified atom stereocenters. The molecule has 0 amide bonds. The average Bonchev–Trinajstić information content (AvgIpc) is 3.62. The van der Waals surface area contributed by atoms with Crippen molar-refractivity contribution in [3.8, 4) is 61.7 Å². The van der Waals surface area contributed by atoms with Gasteiger partial charge in [0.2, 0.25) is 0 Å². The highest BCUT2D eigenvalue weighted by Gasteiger charge is 2.18. The number of nitrogens with zero attached hydrogens (tertiary/aromatic N) is 4. The van der Waals surface area contributed by atoms with Crippen molar-refractivity contribution in [1.29, 1.82) is 0 Å². The molecule has 7 aromatic carbocycles. The number of aromatic nitrogens is 4. The molecule has 0 saturated carbocycles. The molecule has 266 valence electrons. The Labute approximate surface area is 330 Å². The maximum atomic E-state index is 5.20. The van der Waals surface area contributed by atoms with Gasteiger partial charge in [-0.1, -0.05) is 133 Å². The lowest BCUT2D eigenvalue weighted by molar-refractivity contribution is 1.14. The zero-order chi connectivity index (χ0) is 37.7. The van der Waals surface area contributed by atoms with Gasteiger partial charge in [-0.2, -0.15) is 0 Å². The molecular weight excluding hydrogens is 693 g/mol. The molecule has 0 N–H and O–H groups in total. The standard InChI is InChI=1S/C53H34N4/c1-4-14-35(15-5-1)51-41-20-10-11-21-42(41)52(36-16-6-2-7-17-36)46-33-38(25-28-43(46)51)47-23-12-24-49(56-47)48-29-26-39(34-55-48)37-27-30-50-45(32-37)44-22-13-31-54-53(44)57(50)40-18-8-3-9-19-40/h1-34H. The molecular formula is C53H34N4. The normalized spacial score (nSPS) is 11.5. The van der Waals surface area contributed by atoms with Crippen molar-refractivity contribution in [3.05, 3.63) is 207 Å². The molecule has 0 aliphatic rings. The van der Waals surface area contributed by atoms with E-state index in [4.69, 9.17) is 15.0 Å². The summed E-state index contributed by atoms with van der Waals surface area (Å²) >= 11 is 0. The summed E-state index contributed by atoms with van der Waals surface area (Å²) in [7, 11) is 0. The van der Waals surface area contributed by atoms with Crippen molar-refractivity contribution in [2.24, 2.45) is 0 Å². The first-order valence-corrected chi connectivity index (χ1v) is 19.3. The van der Waals surface area contributed by atoms with Gasteiger partial charge in [0, 0.05) is 40.0 Å². The summed E-state index contributed by atoms with van der Waals surface area (Å²) in [4.78, 5) is 14.9. The topological polar surface area (TPSA) is 43.6 Å². The maximum absolute atomic E-state index is 5.20. The van der Waals surface area contributed by atoms with E-state index in [0.29, 0.717) is 0 Å². The van der Waals surface area contributed by atoms with E-state index in [-0.39, 0.29) is 0 Å². The molecule has 0 atom stereocenters. The van der Waals surface area contributed by atoms with Gasteiger partial charge in [-0.3, -0.25) is 9.55 Å². The SMILES string of the molecule is c1ccc(-c2c3ccccc3c(-c3ccccc3)c3cc(-c4cccc(-c5ccc(-c6ccc7c(c6)c6cccnc6n7-c6ccccc6)cn5)n4)ccc23)cc1. The lowest BCUT2D eigenvalue weighted by Gasteiger charge is -2.18. The number of fused-ring (bicyclic) bond motifs is 5. The highest BCUT2D eigenvalue weighted by molar-refractivity contribution is 6.22. The number of hydrogen-bond donors (Lipinski definition) is 0. The van der Waals surface area contributed by atoms with Crippen LogP contribution in [0.15, 0.2) is 207 Å². The second kappa shape index (κ2) is 13.6. The van der Waals surface area contributed by atoms with E-state index in [9.17, 15) is 0 Å². The molecule has 4 heteroatoms. The Bertz CT molecular complexity index is 3260. The molecule has 0 spiro atoms. The largest absolute Gasteiger partial charge is 0.294 e. The van der Waals surface area contributed by atoms with Crippen LogP contribution in [-0.2, 0) is 0 Å². The van der Waals surface area contributed by atoms with E-state index in [1.54, 1.807) is 0 Å². The third-order valence-corrected chi connectivity index (χ3v) is 11.1. The number of hydrogen-bond acceptors (Lipinski definition) is 3. The van der Waals surface area contributed by atoms with E-state index in [1.165, 1.54) is 43.8 Å². The van der Waals surface area contributed by atoms with Gasteiger partial charge in [-0.25, -0.2) is 9.97 Å². The number of rotatable bonds is 6. The van der Waals surface area contributed by atoms with Gasteiger partial charge in [0.1, 0.15) is 5.65 Å². The summed E-state index contributed by atoms with van der Waals surface area (Å²) in [6.45, 7) is 0. The summed E-state index contributed by atoms with van der Waals surface area (Å²) in [6, 6.07) is 68.7. The Morgan fingerprint density at radius 3 is 1.65 bits per heavy atom. The van der Waals surface area contributed by atoms with Crippen molar-refractivity contribution < 1.29 is 0 Å². The van der Waals surface area contributed by atoms with Gasteiger partial charge in [-0.05, 0) is 110 Å². The van der Waals surface area contributed by atoms with E-state index >= 15 is 0 Å². The second-order valence-corrected chi connectivity index (χ2v) is 14.4. The van der Waals surface area contributed by atoms with Gasteiger partial charge in [-0.15, -0.1) is 0 Å². The fraction of sp³-hybridized carbons (Fsp3) is 0. The minimum Gasteiger partial charge on any atom is -0.294 e. The second-order valence-electron chi connectivity index (χ2n) is 14.4. The molecule has 11 aromatic rings. The smallest absolute Gasteiger partial charge is 0.145 e. The molecule has 4 heterocycles. The number of para-hydroxylation sites is 1. The van der Waals surface area contributed by atoms with Crippen LogP contribution in [0.1, 0.15) is 0 Å². The van der Waals surface area contributed by atoms with Crippen molar-refractivity contribution in [1.82, 2.24) is 19.5 Å². The summed E-state index contributed by atoms with van der Waals surface area (Å²) < 4.78 is 2.23. The Morgan fingerprint density at radius 2 is 0.930 bits per heavy atom. The van der Waals surface area contributed by atoms with Crippen LogP contribution in [0, 0.1) is 0 Å². The van der Waals surface area contributed by atoms with Crippen molar-refractivity contribution in [3.63, 3.8) is 0 Å². The van der Waals surface area contributed by atoms with Crippen LogP contribution in [0.5, 0.6) is 0 Å². The number of pyridine rings is 3. The monoisotopic (exact) mass is 726 g/mol. The lowest BCUT2D eigenvalue weighted by atomic mass is 9.85. The third-order valence-electron chi connectivity index (χ3n) is 11.1. The van der Waals surface area contributed by atoms with Gasteiger partial charge >= 0.3 is 0 Å². The maximum Gasteiger partial charge on any atom is 0.145 e. The molecule has 0 aliphatic heterocycles. The average molecular weight is 727 g/mol. The lowest BCUT2D eigenvalue weighted by Crippen LogP contribution is -1.94. The van der Waals surface area contributed by atoms with Gasteiger partial charge in [0.05, 0.1) is 22.6 Å². The first-order chi connectivity index (χ1) is 28.3. The molecule has 0 radical (unpaired) electrons. The van der Waals surface area contributed by atoms with Crippen LogP contribution >= 0.6 is 0 Å². The van der Waals surface area contributed by atoms with Crippen molar-refractivity contribution >= 4 is 43.5 Å². The van der Waals surface area contributed by atoms with E-state index in [1.807, 2.05) is 30.6 Å². The van der Waals surface area contributed by atoms with Gasteiger partial charge in [0.25, 0.3) is 0 Å². The van der Waals surface area contributed by atoms with Crippen LogP contribution in [0.4, 0.5) is 0 Å². The van der Waals surface area contributed by atoms with Crippen LogP contribution in [0.3, 0.4) is 0 Å². The summed E-state index contributed by atoms with van der Waals surface area (Å²) in [6.07, 6.45) is 3.82. The van der Waals surface area contributed by atoms with Gasteiger partial charge in [0.15, 0.2) is 0 Å². The van der Waals surface area contributed by atoms with Crippen molar-refractivity contribution in [2.45, 2.75) is 0 Å². The Hall–Kier alpha value is -7.69. The van der Waals surface area contributed by atoms with Crippen LogP contribution in [0.2, 0.25) is 0 Å². The van der Waals surface area contributed by atoms with Gasteiger partial charge < -0.3 is 0 Å². The highest BCUT2D eigenvalue weighted by Crippen LogP contribution is 2.45. The molecule has 11 rings (SSSR count). The van der Waals surface area contributed by atoms with Crippen molar-refractivity contribution in [2.75, 3.05) is 0 Å². The summed E-state index contributed by atoms with van der Waals surface area (Å²) in [5, 5.41) is 7.18. The molecule has 57 heavy (non-hydrogen) atoms. The number of benzene rings is 7. The first-order valence-electron chi connectivity index (χ1n) is 19.3. The predicted molar refractivity (Wildman–Crippen MR) is 236 cm³/mol. The summed E-state index contributed by atoms with van der Waals surface area (Å²) in [5.41, 5.74) is 13.8. The predicted octanol–water partition coefficient (Wildman–Crippen LogP) is 13.6. The molecule has 0 bridgehead atoms. The van der Waals surface area contributed by atoms with E-state index in [0.717, 1.165) is 61.4 Å². The molecule has 4 aromatic heterocycles. The third kappa shape index (κ3) is 5.58. The minimum absolute atomic E-state index is 0.828. The molecule has 0 fully saturated rings. The fourth-order valence-corrected chi connectivity index (χ4v) is 8.49. The molecule has 0 saturated heterocycles. The van der Waals surface area contributed by atoms with E-state index < -0.39 is 0 Å². The Kier molecular flexibility index (Phi) is 7.78. The minimum atomic E-state index is 0.828. The first kappa shape index (κ1) is 32.7. The molecule has 4 nitrogen and oxygen atoms in total. The van der Waals surface area contributed by atoms with Crippen LogP contribution in [-0.4, -0.2) is 19.5 Å². The quantitative estimate of drug-likeness (QED) is 0.160. The van der Waals surface area contributed by atoms with E-state index in [2.05, 4.69) is 180 Å². The van der Waals surface area contributed by atoms with Crippen LogP contribution < -0.4 is 0 Å². The molecule has 0 aliphatic carbocycles. The summed E-state index contributed by atoms with van der Waals surface area (Å²) in [5.74, 6) is 0. The van der Waals surface area contributed by atoms with Crippen LogP contribution in [0.25, 0.3) is 105 Å². The zero-order valence-corrected chi connectivity index (χ0v) is 30.9. The Morgan fingerprint density at radius 1 is 0.333 bits per heavy atom. The highest BCUT2D eigenvalue weighted by atomic mass is 15.0.